The van der Waals surface area contributed by atoms with E-state index in [-0.39, 0.29) is 5.91 Å². The van der Waals surface area contributed by atoms with E-state index < -0.39 is 6.29 Å². The van der Waals surface area contributed by atoms with Gasteiger partial charge in [0, 0.05) is 26.5 Å². The Kier molecular flexibility index (Phi) is 6.18. The summed E-state index contributed by atoms with van der Waals surface area (Å²) in [6.07, 6.45) is -0.430. The van der Waals surface area contributed by atoms with Gasteiger partial charge >= 0.3 is 0 Å². The number of carbonyl (C=O) groups excluding carboxylic acids is 1. The topological polar surface area (TPSA) is 59.6 Å². The van der Waals surface area contributed by atoms with Crippen molar-refractivity contribution in [3.63, 3.8) is 0 Å². The molecule has 0 atom stereocenters. The standard InChI is InChI=1S/C13H20N2O3/c1-4-14-11-8-6-5-7-10(11)13(16)15-9-12(17-2)18-3/h5-8,12,14H,4,9H2,1-3H3,(H,15,16). The Balaban J connectivity index is 2.66. The maximum Gasteiger partial charge on any atom is 0.253 e. The Hall–Kier alpha value is -1.59. The minimum atomic E-state index is -0.430. The van der Waals surface area contributed by atoms with Gasteiger partial charge in [-0.25, -0.2) is 0 Å². The maximum absolute atomic E-state index is 12.0. The van der Waals surface area contributed by atoms with Crippen molar-refractivity contribution >= 4 is 11.6 Å². The molecule has 0 aromatic heterocycles. The van der Waals surface area contributed by atoms with Crippen molar-refractivity contribution in [2.75, 3.05) is 32.6 Å². The van der Waals surface area contributed by atoms with Gasteiger partial charge < -0.3 is 20.1 Å². The van der Waals surface area contributed by atoms with Crippen molar-refractivity contribution in [3.05, 3.63) is 29.8 Å². The predicted octanol–water partition coefficient (Wildman–Crippen LogP) is 1.47. The molecule has 1 amide bonds. The number of carbonyl (C=O) groups is 1. The summed E-state index contributed by atoms with van der Waals surface area (Å²) in [5.74, 6) is -0.148. The number of nitrogens with one attached hydrogen (secondary N) is 2. The van der Waals surface area contributed by atoms with Crippen LogP contribution < -0.4 is 10.6 Å². The van der Waals surface area contributed by atoms with E-state index >= 15 is 0 Å². The summed E-state index contributed by atoms with van der Waals surface area (Å²) in [5.41, 5.74) is 1.44. The molecule has 0 unspecified atom stereocenters. The van der Waals surface area contributed by atoms with E-state index in [4.69, 9.17) is 9.47 Å². The Morgan fingerprint density at radius 2 is 1.94 bits per heavy atom. The fourth-order valence-electron chi connectivity index (χ4n) is 1.56. The van der Waals surface area contributed by atoms with Crippen molar-refractivity contribution < 1.29 is 14.3 Å². The molecule has 5 heteroatoms. The van der Waals surface area contributed by atoms with Crippen LogP contribution in [-0.4, -0.2) is 39.5 Å². The molecule has 0 saturated carbocycles. The first-order valence-electron chi connectivity index (χ1n) is 5.89. The van der Waals surface area contributed by atoms with Gasteiger partial charge in [0.05, 0.1) is 12.1 Å². The molecule has 0 spiro atoms. The average Bonchev–Trinajstić information content (AvgIpc) is 2.40. The van der Waals surface area contributed by atoms with Crippen LogP contribution >= 0.6 is 0 Å². The summed E-state index contributed by atoms with van der Waals surface area (Å²) in [4.78, 5) is 12.0. The largest absolute Gasteiger partial charge is 0.385 e. The first-order valence-corrected chi connectivity index (χ1v) is 5.89. The zero-order chi connectivity index (χ0) is 13.4. The summed E-state index contributed by atoms with van der Waals surface area (Å²) >= 11 is 0. The number of para-hydroxylation sites is 1. The number of benzene rings is 1. The second kappa shape index (κ2) is 7.68. The van der Waals surface area contributed by atoms with Gasteiger partial charge in [-0.1, -0.05) is 12.1 Å². The number of amides is 1. The molecule has 0 radical (unpaired) electrons. The average molecular weight is 252 g/mol. The Labute approximate surface area is 107 Å². The van der Waals surface area contributed by atoms with Crippen LogP contribution in [0.15, 0.2) is 24.3 Å². The molecule has 0 aliphatic rings. The number of hydrogen-bond acceptors (Lipinski definition) is 4. The molecule has 0 aliphatic carbocycles. The van der Waals surface area contributed by atoms with Crippen molar-refractivity contribution in [3.8, 4) is 0 Å². The molecule has 5 nitrogen and oxygen atoms in total. The quantitative estimate of drug-likeness (QED) is 0.721. The highest BCUT2D eigenvalue weighted by Gasteiger charge is 2.12. The van der Waals surface area contributed by atoms with Crippen LogP contribution in [-0.2, 0) is 9.47 Å². The van der Waals surface area contributed by atoms with Crippen LogP contribution in [0.4, 0.5) is 5.69 Å². The number of rotatable bonds is 7. The number of ether oxygens (including phenoxy) is 2. The molecule has 2 N–H and O–H groups in total. The lowest BCUT2D eigenvalue weighted by atomic mass is 10.1. The minimum Gasteiger partial charge on any atom is -0.385 e. The molecular formula is C13H20N2O3. The van der Waals surface area contributed by atoms with E-state index in [1.165, 1.54) is 14.2 Å². The SMILES string of the molecule is CCNc1ccccc1C(=O)NCC(OC)OC. The first-order chi connectivity index (χ1) is 8.72. The van der Waals surface area contributed by atoms with Crippen molar-refractivity contribution in [1.82, 2.24) is 5.32 Å². The summed E-state index contributed by atoms with van der Waals surface area (Å²) < 4.78 is 10.0. The molecule has 0 heterocycles. The molecule has 1 aromatic rings. The molecular weight excluding hydrogens is 232 g/mol. The maximum atomic E-state index is 12.0. The van der Waals surface area contributed by atoms with Gasteiger partial charge in [-0.2, -0.15) is 0 Å². The third-order valence-corrected chi connectivity index (χ3v) is 2.49. The fraction of sp³-hybridized carbons (Fsp3) is 0.462. The molecule has 1 aromatic carbocycles. The fourth-order valence-corrected chi connectivity index (χ4v) is 1.56. The second-order valence-corrected chi connectivity index (χ2v) is 3.69. The molecule has 100 valence electrons. The first kappa shape index (κ1) is 14.5. The van der Waals surface area contributed by atoms with Crippen molar-refractivity contribution in [2.24, 2.45) is 0 Å². The van der Waals surface area contributed by atoms with Crippen LogP contribution in [0.5, 0.6) is 0 Å². The Morgan fingerprint density at radius 1 is 1.28 bits per heavy atom. The van der Waals surface area contributed by atoms with E-state index in [2.05, 4.69) is 10.6 Å². The Morgan fingerprint density at radius 3 is 2.56 bits per heavy atom. The van der Waals surface area contributed by atoms with Crippen molar-refractivity contribution in [2.45, 2.75) is 13.2 Å². The van der Waals surface area contributed by atoms with Crippen LogP contribution in [0.25, 0.3) is 0 Å². The molecule has 0 aliphatic heterocycles. The van der Waals surface area contributed by atoms with E-state index in [0.717, 1.165) is 12.2 Å². The summed E-state index contributed by atoms with van der Waals surface area (Å²) in [6.45, 7) is 3.07. The van der Waals surface area contributed by atoms with Crippen LogP contribution in [0.2, 0.25) is 0 Å². The van der Waals surface area contributed by atoms with Crippen molar-refractivity contribution in [1.29, 1.82) is 0 Å². The number of methoxy groups -OCH3 is 2. The molecule has 18 heavy (non-hydrogen) atoms. The van der Waals surface area contributed by atoms with E-state index in [9.17, 15) is 4.79 Å². The lowest BCUT2D eigenvalue weighted by Crippen LogP contribution is -2.34. The monoisotopic (exact) mass is 252 g/mol. The van der Waals surface area contributed by atoms with E-state index in [1.54, 1.807) is 6.07 Å². The highest BCUT2D eigenvalue weighted by atomic mass is 16.7. The van der Waals surface area contributed by atoms with Gasteiger partial charge in [0.1, 0.15) is 0 Å². The molecule has 0 saturated heterocycles. The highest BCUT2D eigenvalue weighted by Crippen LogP contribution is 2.14. The minimum absolute atomic E-state index is 0.148. The lowest BCUT2D eigenvalue weighted by molar-refractivity contribution is -0.0974. The summed E-state index contributed by atoms with van der Waals surface area (Å²) in [5, 5.41) is 5.92. The van der Waals surface area contributed by atoms with Crippen LogP contribution in [0.1, 0.15) is 17.3 Å². The third-order valence-electron chi connectivity index (χ3n) is 2.49. The molecule has 0 fully saturated rings. The lowest BCUT2D eigenvalue weighted by Gasteiger charge is -2.15. The van der Waals surface area contributed by atoms with Gasteiger partial charge in [-0.05, 0) is 19.1 Å². The number of hydrogen-bond donors (Lipinski definition) is 2. The van der Waals surface area contributed by atoms with E-state index in [1.807, 2.05) is 25.1 Å². The van der Waals surface area contributed by atoms with E-state index in [0.29, 0.717) is 12.1 Å². The zero-order valence-electron chi connectivity index (χ0n) is 11.0. The summed E-state index contributed by atoms with van der Waals surface area (Å²) in [7, 11) is 3.07. The summed E-state index contributed by atoms with van der Waals surface area (Å²) in [6, 6.07) is 7.38. The highest BCUT2D eigenvalue weighted by molar-refractivity contribution is 5.99. The van der Waals surface area contributed by atoms with Gasteiger partial charge in [-0.3, -0.25) is 4.79 Å². The zero-order valence-corrected chi connectivity index (χ0v) is 11.0. The molecule has 1 rings (SSSR count). The van der Waals surface area contributed by atoms with Gasteiger partial charge in [0.15, 0.2) is 6.29 Å². The number of anilines is 1. The van der Waals surface area contributed by atoms with Gasteiger partial charge in [0.2, 0.25) is 0 Å². The Bertz CT molecular complexity index is 378. The molecule has 0 bridgehead atoms. The third kappa shape index (κ3) is 4.01. The normalized spacial score (nSPS) is 10.4. The van der Waals surface area contributed by atoms with Crippen LogP contribution in [0.3, 0.4) is 0 Å². The van der Waals surface area contributed by atoms with Crippen LogP contribution in [0, 0.1) is 0 Å². The van der Waals surface area contributed by atoms with Gasteiger partial charge in [-0.15, -0.1) is 0 Å². The smallest absolute Gasteiger partial charge is 0.253 e. The second-order valence-electron chi connectivity index (χ2n) is 3.69. The predicted molar refractivity (Wildman–Crippen MR) is 70.7 cm³/mol. The van der Waals surface area contributed by atoms with Gasteiger partial charge in [0.25, 0.3) is 5.91 Å².